The van der Waals surface area contributed by atoms with E-state index in [9.17, 15) is 23.1 Å². The highest BCUT2D eigenvalue weighted by molar-refractivity contribution is 9.10. The number of nitrogens with two attached hydrogens (primary N) is 1. The Labute approximate surface area is 215 Å². The molecule has 2 aliphatic rings. The number of amides is 1. The summed E-state index contributed by atoms with van der Waals surface area (Å²) in [6.07, 6.45) is -0.0681. The van der Waals surface area contributed by atoms with E-state index in [1.54, 1.807) is 9.47 Å². The summed E-state index contributed by atoms with van der Waals surface area (Å²) in [6, 6.07) is 2.76. The van der Waals surface area contributed by atoms with Crippen molar-refractivity contribution < 1.29 is 23.1 Å². The highest BCUT2D eigenvalue weighted by atomic mass is 79.9. The summed E-state index contributed by atoms with van der Waals surface area (Å²) in [4.78, 5) is 31.3. The van der Waals surface area contributed by atoms with E-state index in [4.69, 9.17) is 5.73 Å². The molecular formula is C23H20BrF3N8O2. The average molecular weight is 577 g/mol. The van der Waals surface area contributed by atoms with E-state index in [2.05, 4.69) is 41.2 Å². The molecule has 1 saturated heterocycles. The number of nitrogens with zero attached hydrogens (tertiary/aromatic N) is 6. The van der Waals surface area contributed by atoms with Gasteiger partial charge in [-0.1, -0.05) is 0 Å². The van der Waals surface area contributed by atoms with Crippen molar-refractivity contribution in [3.63, 3.8) is 0 Å². The molecule has 37 heavy (non-hydrogen) atoms. The first kappa shape index (κ1) is 24.0. The van der Waals surface area contributed by atoms with Gasteiger partial charge >= 0.3 is 6.18 Å². The zero-order valence-corrected chi connectivity index (χ0v) is 20.6. The molecule has 0 bridgehead atoms. The minimum absolute atomic E-state index is 0.0314. The fourth-order valence-corrected chi connectivity index (χ4v) is 5.64. The van der Waals surface area contributed by atoms with Crippen molar-refractivity contribution in [1.82, 2.24) is 29.4 Å². The van der Waals surface area contributed by atoms with Gasteiger partial charge in [0.15, 0.2) is 5.82 Å². The fourth-order valence-electron chi connectivity index (χ4n) is 5.33. The Morgan fingerprint density at radius 3 is 2.84 bits per heavy atom. The van der Waals surface area contributed by atoms with Gasteiger partial charge in [-0.25, -0.2) is 15.0 Å². The number of aliphatic hydroxyl groups is 1. The molecule has 4 aromatic rings. The molecule has 3 aromatic heterocycles. The summed E-state index contributed by atoms with van der Waals surface area (Å²) in [5, 5.41) is 14.6. The van der Waals surface area contributed by atoms with E-state index >= 15 is 0 Å². The topological polar surface area (TPSA) is 135 Å². The molecule has 1 saturated carbocycles. The lowest BCUT2D eigenvalue weighted by molar-refractivity contribution is -0.137. The van der Waals surface area contributed by atoms with Crippen LogP contribution in [0.5, 0.6) is 0 Å². The summed E-state index contributed by atoms with van der Waals surface area (Å²) in [5.41, 5.74) is 5.94. The van der Waals surface area contributed by atoms with E-state index in [1.807, 2.05) is 0 Å². The molecule has 1 aliphatic carbocycles. The third-order valence-electron chi connectivity index (χ3n) is 7.00. The fraction of sp³-hybridized carbons (Fsp3) is 0.348. The lowest BCUT2D eigenvalue weighted by Gasteiger charge is -2.31. The monoisotopic (exact) mass is 576 g/mol. The van der Waals surface area contributed by atoms with Crippen molar-refractivity contribution in [2.75, 3.05) is 11.1 Å². The van der Waals surface area contributed by atoms with Gasteiger partial charge in [-0.15, -0.1) is 0 Å². The summed E-state index contributed by atoms with van der Waals surface area (Å²) in [6.45, 7) is -0.0362. The molecular weight excluding hydrogens is 557 g/mol. The average Bonchev–Trinajstić information content (AvgIpc) is 3.38. The number of likely N-dealkylation sites (tertiary alicyclic amines) is 1. The van der Waals surface area contributed by atoms with Crippen LogP contribution >= 0.6 is 15.9 Å². The van der Waals surface area contributed by atoms with E-state index in [1.165, 1.54) is 24.8 Å². The SMILES string of the molecule is Nc1ncnc2c1c1cc(C(F)(F)F)ccc1n2CC(O)N1C2C[C@@H]2C[C@H]1C(=O)Nc1cncc(Br)n1. The number of alkyl halides is 3. The van der Waals surface area contributed by atoms with Gasteiger partial charge in [-0.05, 0) is 52.9 Å². The van der Waals surface area contributed by atoms with Crippen LogP contribution in [0, 0.1) is 5.92 Å². The van der Waals surface area contributed by atoms with Crippen molar-refractivity contribution in [2.24, 2.45) is 5.92 Å². The number of benzene rings is 1. The van der Waals surface area contributed by atoms with Crippen molar-refractivity contribution in [3.05, 3.63) is 47.1 Å². The van der Waals surface area contributed by atoms with Crippen LogP contribution in [0.1, 0.15) is 18.4 Å². The van der Waals surface area contributed by atoms with E-state index in [0.717, 1.165) is 18.6 Å². The molecule has 0 spiro atoms. The van der Waals surface area contributed by atoms with Crippen LogP contribution in [0.3, 0.4) is 0 Å². The summed E-state index contributed by atoms with van der Waals surface area (Å²) in [5.74, 6) is 0.287. The number of hydrogen-bond donors (Lipinski definition) is 3. The number of hydrogen-bond acceptors (Lipinski definition) is 8. The number of carbonyl (C=O) groups is 1. The van der Waals surface area contributed by atoms with Crippen LogP contribution in [0.15, 0.2) is 41.5 Å². The second kappa shape index (κ2) is 8.60. The van der Waals surface area contributed by atoms with Gasteiger partial charge in [0.05, 0.1) is 41.4 Å². The molecule has 1 amide bonds. The maximum atomic E-state index is 13.4. The smallest absolute Gasteiger partial charge is 0.383 e. The minimum Gasteiger partial charge on any atom is -0.383 e. The molecule has 2 fully saturated rings. The number of fused-ring (bicyclic) bond motifs is 4. The van der Waals surface area contributed by atoms with Crippen LogP contribution in [-0.2, 0) is 17.5 Å². The zero-order chi connectivity index (χ0) is 26.1. The van der Waals surface area contributed by atoms with Crippen LogP contribution in [0.4, 0.5) is 24.8 Å². The number of rotatable bonds is 5. The summed E-state index contributed by atoms with van der Waals surface area (Å²) in [7, 11) is 0. The molecule has 6 rings (SSSR count). The van der Waals surface area contributed by atoms with Gasteiger partial charge in [0.2, 0.25) is 5.91 Å². The molecule has 4 heterocycles. The minimum atomic E-state index is -4.54. The molecule has 1 aliphatic heterocycles. The van der Waals surface area contributed by atoms with Gasteiger partial charge in [0, 0.05) is 11.4 Å². The largest absolute Gasteiger partial charge is 0.416 e. The maximum Gasteiger partial charge on any atom is 0.416 e. The van der Waals surface area contributed by atoms with Gasteiger partial charge in [0.1, 0.15) is 28.6 Å². The van der Waals surface area contributed by atoms with Crippen molar-refractivity contribution >= 4 is 55.4 Å². The highest BCUT2D eigenvalue weighted by Crippen LogP contribution is 2.49. The lowest BCUT2D eigenvalue weighted by atomic mass is 10.1. The Balaban J connectivity index is 1.34. The number of aromatic nitrogens is 5. The molecule has 14 heteroatoms. The number of anilines is 2. The molecule has 0 radical (unpaired) electrons. The Kier molecular flexibility index (Phi) is 5.58. The third-order valence-corrected chi connectivity index (χ3v) is 7.38. The van der Waals surface area contributed by atoms with Crippen LogP contribution in [0.2, 0.25) is 0 Å². The van der Waals surface area contributed by atoms with E-state index in [0.29, 0.717) is 22.2 Å². The number of nitrogens with one attached hydrogen (secondary N) is 1. The molecule has 10 nitrogen and oxygen atoms in total. The standard InChI is InChI=1S/C23H20BrF3N8O2/c24-16-6-29-7-17(32-16)33-22(37)15-4-10-3-14(10)35(15)18(36)8-34-13-2-1-11(23(25,26)27)5-12(13)19-20(28)30-9-31-21(19)34/h1-2,5-7,9-10,14-15,18,36H,3-4,8H2,(H2,28,30,31)(H,32,33,37)/t10-,14?,15+,18?/m1/s1. The van der Waals surface area contributed by atoms with Gasteiger partial charge in [0.25, 0.3) is 0 Å². The molecule has 4 atom stereocenters. The number of carbonyl (C=O) groups excluding carboxylic acids is 1. The van der Waals surface area contributed by atoms with E-state index in [-0.39, 0.29) is 46.8 Å². The Hall–Kier alpha value is -3.36. The third kappa shape index (κ3) is 4.18. The second-order valence-electron chi connectivity index (χ2n) is 9.26. The van der Waals surface area contributed by atoms with Crippen LogP contribution in [0.25, 0.3) is 21.9 Å². The molecule has 4 N–H and O–H groups in total. The van der Waals surface area contributed by atoms with Crippen molar-refractivity contribution in [2.45, 2.75) is 43.9 Å². The number of nitrogen functional groups attached to an aromatic ring is 1. The predicted molar refractivity (Wildman–Crippen MR) is 131 cm³/mol. The summed E-state index contributed by atoms with van der Waals surface area (Å²) >= 11 is 3.22. The Morgan fingerprint density at radius 2 is 2.08 bits per heavy atom. The summed E-state index contributed by atoms with van der Waals surface area (Å²) < 4.78 is 42.3. The molecule has 2 unspecified atom stereocenters. The van der Waals surface area contributed by atoms with E-state index < -0.39 is 24.0 Å². The number of piperidine rings is 1. The number of halogens is 4. The molecule has 1 aromatic carbocycles. The highest BCUT2D eigenvalue weighted by Gasteiger charge is 2.56. The van der Waals surface area contributed by atoms with Gasteiger partial charge < -0.3 is 20.7 Å². The Morgan fingerprint density at radius 1 is 1.27 bits per heavy atom. The second-order valence-corrected chi connectivity index (χ2v) is 10.1. The molecule has 192 valence electrons. The first-order valence-corrected chi connectivity index (χ1v) is 12.2. The van der Waals surface area contributed by atoms with Crippen LogP contribution < -0.4 is 11.1 Å². The maximum absolute atomic E-state index is 13.4. The first-order valence-electron chi connectivity index (χ1n) is 11.5. The first-order chi connectivity index (χ1) is 17.6. The van der Waals surface area contributed by atoms with Gasteiger partial charge in [-0.3, -0.25) is 14.7 Å². The Bertz CT molecular complexity index is 1540. The normalized spacial score (nSPS) is 22.4. The van der Waals surface area contributed by atoms with Crippen molar-refractivity contribution in [3.8, 4) is 0 Å². The number of aliphatic hydroxyl groups excluding tert-OH is 1. The quantitative estimate of drug-likeness (QED) is 0.330. The lowest BCUT2D eigenvalue weighted by Crippen LogP contribution is -2.49. The van der Waals surface area contributed by atoms with Gasteiger partial charge in [-0.2, -0.15) is 13.2 Å². The zero-order valence-electron chi connectivity index (χ0n) is 19.0. The van der Waals surface area contributed by atoms with Crippen molar-refractivity contribution in [1.29, 1.82) is 0 Å². The predicted octanol–water partition coefficient (Wildman–Crippen LogP) is 3.16. The van der Waals surface area contributed by atoms with Crippen LogP contribution in [-0.4, -0.2) is 58.7 Å².